The third-order valence-electron chi connectivity index (χ3n) is 2.23. The van der Waals surface area contributed by atoms with Gasteiger partial charge < -0.3 is 5.73 Å². The number of nitrogens with zero attached hydrogens (tertiary/aromatic N) is 1. The minimum absolute atomic E-state index is 0.771. The van der Waals surface area contributed by atoms with Gasteiger partial charge in [-0.05, 0) is 50.2 Å². The minimum Gasteiger partial charge on any atom is -0.330 e. The molecule has 0 fully saturated rings. The fraction of sp³-hybridized carbons (Fsp3) is 0.545. The Balaban J connectivity index is 2.81. The maximum atomic E-state index is 5.50. The number of aromatic nitrogens is 1. The van der Waals surface area contributed by atoms with E-state index >= 15 is 0 Å². The first kappa shape index (κ1) is 11.6. The van der Waals surface area contributed by atoms with Crippen molar-refractivity contribution in [2.45, 2.75) is 26.2 Å². The van der Waals surface area contributed by atoms with Crippen LogP contribution in [0.2, 0.25) is 0 Å². The van der Waals surface area contributed by atoms with Gasteiger partial charge in [0.2, 0.25) is 0 Å². The van der Waals surface area contributed by atoms with Crippen molar-refractivity contribution in [2.75, 3.05) is 13.2 Å². The van der Waals surface area contributed by atoms with E-state index in [0.717, 1.165) is 34.4 Å². The molecule has 0 radical (unpaired) electrons. The molecule has 2 N–H and O–H groups in total. The summed E-state index contributed by atoms with van der Waals surface area (Å²) in [5.41, 5.74) is 9.34. The highest BCUT2D eigenvalue weighted by atomic mass is 31.1. The molecule has 0 aliphatic carbocycles. The highest BCUT2D eigenvalue weighted by molar-refractivity contribution is 7.45. The molecule has 0 aliphatic heterocycles. The molecule has 3 heteroatoms. The lowest BCUT2D eigenvalue weighted by Gasteiger charge is -2.06. The minimum atomic E-state index is 0.771. The van der Waals surface area contributed by atoms with Crippen molar-refractivity contribution in [3.63, 3.8) is 0 Å². The van der Waals surface area contributed by atoms with Crippen LogP contribution in [0.3, 0.4) is 0 Å². The van der Waals surface area contributed by atoms with Crippen LogP contribution in [0, 0.1) is 0 Å². The summed E-state index contributed by atoms with van der Waals surface area (Å²) in [6.07, 6.45) is 3.18. The summed E-state index contributed by atoms with van der Waals surface area (Å²) < 4.78 is 0. The summed E-state index contributed by atoms with van der Waals surface area (Å²) >= 11 is 0. The molecule has 1 heterocycles. The summed E-state index contributed by atoms with van der Waals surface area (Å²) in [5.74, 6) is 0. The van der Waals surface area contributed by atoms with Crippen LogP contribution in [0.5, 0.6) is 0 Å². The second kappa shape index (κ2) is 6.10. The van der Waals surface area contributed by atoms with Gasteiger partial charge in [-0.15, -0.1) is 0 Å². The first-order chi connectivity index (χ1) is 6.80. The van der Waals surface area contributed by atoms with E-state index in [2.05, 4.69) is 30.7 Å². The largest absolute Gasteiger partial charge is 0.330 e. The number of nitrogens with two attached hydrogens (primary N) is 1. The van der Waals surface area contributed by atoms with E-state index in [9.17, 15) is 0 Å². The van der Waals surface area contributed by atoms with E-state index in [1.807, 2.05) is 0 Å². The molecule has 0 spiro atoms. The Bertz CT molecular complexity index is 264. The molecular formula is C11H19N2P. The molecule has 1 aromatic heterocycles. The molecule has 0 amide bonds. The van der Waals surface area contributed by atoms with Gasteiger partial charge in [-0.2, -0.15) is 0 Å². The van der Waals surface area contributed by atoms with Crippen LogP contribution in [0.1, 0.15) is 24.6 Å². The summed E-state index contributed by atoms with van der Waals surface area (Å²) in [7, 11) is 0.789. The summed E-state index contributed by atoms with van der Waals surface area (Å²) in [6.45, 7) is 5.10. The summed E-state index contributed by atoms with van der Waals surface area (Å²) in [6, 6.07) is 4.42. The van der Waals surface area contributed by atoms with Crippen molar-refractivity contribution < 1.29 is 0 Å². The number of rotatable bonds is 5. The molecule has 0 bridgehead atoms. The van der Waals surface area contributed by atoms with Crippen molar-refractivity contribution in [2.24, 2.45) is 5.73 Å². The van der Waals surface area contributed by atoms with E-state index in [4.69, 9.17) is 5.73 Å². The summed E-state index contributed by atoms with van der Waals surface area (Å²) in [5, 5.41) is 0. The Morgan fingerprint density at radius 3 is 2.79 bits per heavy atom. The molecule has 1 aromatic rings. The van der Waals surface area contributed by atoms with Gasteiger partial charge in [0.25, 0.3) is 0 Å². The lowest BCUT2D eigenvalue weighted by atomic mass is 10.1. The van der Waals surface area contributed by atoms with Gasteiger partial charge in [-0.3, -0.25) is 4.98 Å². The zero-order valence-electron chi connectivity index (χ0n) is 9.01. The Morgan fingerprint density at radius 1 is 1.43 bits per heavy atom. The van der Waals surface area contributed by atoms with Crippen molar-refractivity contribution in [1.29, 1.82) is 0 Å². The van der Waals surface area contributed by atoms with Crippen molar-refractivity contribution in [3.8, 4) is 0 Å². The number of aryl methyl sites for hydroxylation is 2. The van der Waals surface area contributed by atoms with E-state index in [-0.39, 0.29) is 0 Å². The first-order valence-corrected chi connectivity index (χ1v) is 6.67. The molecule has 1 rings (SSSR count). The van der Waals surface area contributed by atoms with Crippen LogP contribution in [-0.2, 0) is 12.8 Å². The van der Waals surface area contributed by atoms with Crippen LogP contribution in [0.15, 0.2) is 12.1 Å². The molecule has 1 atom stereocenters. The van der Waals surface area contributed by atoms with Crippen molar-refractivity contribution in [1.82, 2.24) is 4.98 Å². The predicted octanol–water partition coefficient (Wildman–Crippen LogP) is 1.47. The van der Waals surface area contributed by atoms with Gasteiger partial charge in [-0.1, -0.05) is 15.5 Å². The second-order valence-electron chi connectivity index (χ2n) is 3.35. The second-order valence-corrected chi connectivity index (χ2v) is 4.36. The molecule has 0 saturated carbocycles. The van der Waals surface area contributed by atoms with Crippen LogP contribution in [0.25, 0.3) is 0 Å². The third-order valence-corrected chi connectivity index (χ3v) is 2.99. The van der Waals surface area contributed by atoms with Gasteiger partial charge in [0, 0.05) is 5.69 Å². The monoisotopic (exact) mass is 210 g/mol. The lowest BCUT2D eigenvalue weighted by Crippen LogP contribution is -2.08. The van der Waals surface area contributed by atoms with Gasteiger partial charge in [0.05, 0.1) is 5.44 Å². The molecule has 0 aromatic carbocycles. The maximum Gasteiger partial charge on any atom is 0.0603 e. The van der Waals surface area contributed by atoms with Crippen molar-refractivity contribution in [3.05, 3.63) is 23.4 Å². The first-order valence-electron chi connectivity index (χ1n) is 5.17. The molecule has 0 aliphatic rings. The normalized spacial score (nSPS) is 11.4. The Morgan fingerprint density at radius 2 is 2.21 bits per heavy atom. The van der Waals surface area contributed by atoms with Gasteiger partial charge in [-0.25, -0.2) is 0 Å². The van der Waals surface area contributed by atoms with Gasteiger partial charge in [0.15, 0.2) is 0 Å². The smallest absolute Gasteiger partial charge is 0.0603 e. The Labute approximate surface area is 88.1 Å². The predicted molar refractivity (Wildman–Crippen MR) is 64.9 cm³/mol. The molecule has 0 saturated heterocycles. The average Bonchev–Trinajstić information content (AvgIpc) is 2.25. The van der Waals surface area contributed by atoms with Gasteiger partial charge in [0.1, 0.15) is 0 Å². The zero-order valence-corrected chi connectivity index (χ0v) is 10.0. The Hall–Kier alpha value is -0.460. The fourth-order valence-corrected chi connectivity index (χ4v) is 2.00. The topological polar surface area (TPSA) is 38.9 Å². The lowest BCUT2D eigenvalue weighted by molar-refractivity contribution is 0.829. The molecule has 1 unspecified atom stereocenters. The average molecular weight is 210 g/mol. The zero-order chi connectivity index (χ0) is 10.4. The van der Waals surface area contributed by atoms with E-state index in [1.165, 1.54) is 16.7 Å². The Kier molecular flexibility index (Phi) is 5.06. The van der Waals surface area contributed by atoms with E-state index in [0.29, 0.717) is 0 Å². The highest BCUT2D eigenvalue weighted by Crippen LogP contribution is 2.09. The molecular weight excluding hydrogens is 191 g/mol. The fourth-order valence-electron chi connectivity index (χ4n) is 1.41. The number of hydrogen-bond donors (Lipinski definition) is 1. The SMILES string of the molecule is CCc1cc(CCCN)cc(PC)n1. The van der Waals surface area contributed by atoms with Crippen molar-refractivity contribution >= 4 is 14.0 Å². The summed E-state index contributed by atoms with van der Waals surface area (Å²) in [4.78, 5) is 4.56. The third kappa shape index (κ3) is 3.36. The van der Waals surface area contributed by atoms with Crippen LogP contribution < -0.4 is 11.2 Å². The quantitative estimate of drug-likeness (QED) is 0.747. The van der Waals surface area contributed by atoms with Crippen LogP contribution in [-0.4, -0.2) is 18.2 Å². The number of hydrogen-bond acceptors (Lipinski definition) is 2. The molecule has 2 nitrogen and oxygen atoms in total. The maximum absolute atomic E-state index is 5.50. The van der Waals surface area contributed by atoms with Crippen LogP contribution >= 0.6 is 8.58 Å². The molecule has 78 valence electrons. The van der Waals surface area contributed by atoms with Gasteiger partial charge >= 0.3 is 0 Å². The standard InChI is InChI=1S/C11H19N2P/c1-3-10-7-9(5-4-6-12)8-11(13-10)14-2/h7-8,14H,3-6,12H2,1-2H3. The highest BCUT2D eigenvalue weighted by Gasteiger charge is 2.00. The number of pyridine rings is 1. The van der Waals surface area contributed by atoms with Crippen LogP contribution in [0.4, 0.5) is 0 Å². The van der Waals surface area contributed by atoms with E-state index < -0.39 is 0 Å². The molecule has 14 heavy (non-hydrogen) atoms. The van der Waals surface area contributed by atoms with E-state index in [1.54, 1.807) is 0 Å².